The summed E-state index contributed by atoms with van der Waals surface area (Å²) in [7, 11) is 0. The van der Waals surface area contributed by atoms with E-state index in [-0.39, 0.29) is 12.2 Å². The fourth-order valence-corrected chi connectivity index (χ4v) is 2.52. The summed E-state index contributed by atoms with van der Waals surface area (Å²) in [5.41, 5.74) is 0.209. The van der Waals surface area contributed by atoms with Gasteiger partial charge >= 0.3 is 5.97 Å². The molecule has 29 heavy (non-hydrogen) atoms. The Hall–Kier alpha value is -3.74. The van der Waals surface area contributed by atoms with Crippen LogP contribution < -0.4 is 10.1 Å². The highest BCUT2D eigenvalue weighted by Crippen LogP contribution is 2.18. The number of esters is 1. The van der Waals surface area contributed by atoms with Crippen molar-refractivity contribution in [2.75, 3.05) is 11.9 Å². The lowest BCUT2D eigenvalue weighted by Crippen LogP contribution is -2.22. The minimum absolute atomic E-state index is 0.127. The zero-order chi connectivity index (χ0) is 20.6. The number of hydrogen-bond donors (Lipinski definition) is 1. The number of ether oxygens (including phenoxy) is 2. The van der Waals surface area contributed by atoms with Gasteiger partial charge in [-0.25, -0.2) is 13.6 Å². The van der Waals surface area contributed by atoms with E-state index < -0.39 is 35.8 Å². The second-order valence-corrected chi connectivity index (χ2v) is 5.98. The van der Waals surface area contributed by atoms with Crippen LogP contribution in [0.4, 0.5) is 14.5 Å². The Morgan fingerprint density at radius 2 is 1.48 bits per heavy atom. The lowest BCUT2D eigenvalue weighted by molar-refractivity contribution is -0.119. The van der Waals surface area contributed by atoms with Crippen molar-refractivity contribution in [2.24, 2.45) is 0 Å². The normalized spacial score (nSPS) is 10.3. The molecule has 0 radical (unpaired) electrons. The van der Waals surface area contributed by atoms with Crippen molar-refractivity contribution in [3.05, 3.63) is 95.6 Å². The van der Waals surface area contributed by atoms with Crippen molar-refractivity contribution < 1.29 is 27.8 Å². The molecule has 0 aromatic heterocycles. The predicted molar refractivity (Wildman–Crippen MR) is 102 cm³/mol. The molecule has 0 aliphatic carbocycles. The van der Waals surface area contributed by atoms with Crippen molar-refractivity contribution in [1.29, 1.82) is 0 Å². The fourth-order valence-electron chi connectivity index (χ4n) is 2.52. The van der Waals surface area contributed by atoms with E-state index in [9.17, 15) is 18.4 Å². The average Bonchev–Trinajstić information content (AvgIpc) is 2.74. The number of carbonyl (C=O) groups excluding carboxylic acids is 2. The largest absolute Gasteiger partial charge is 0.489 e. The van der Waals surface area contributed by atoms with Crippen LogP contribution in [0.2, 0.25) is 0 Å². The summed E-state index contributed by atoms with van der Waals surface area (Å²) < 4.78 is 37.8. The van der Waals surface area contributed by atoms with E-state index in [1.165, 1.54) is 6.07 Å². The molecule has 5 nitrogen and oxygen atoms in total. The fraction of sp³-hybridized carbons (Fsp3) is 0.0909. The summed E-state index contributed by atoms with van der Waals surface area (Å²) in [5, 5.41) is 2.06. The summed E-state index contributed by atoms with van der Waals surface area (Å²) >= 11 is 0. The second-order valence-electron chi connectivity index (χ2n) is 5.98. The van der Waals surface area contributed by atoms with Crippen LogP contribution >= 0.6 is 0 Å². The van der Waals surface area contributed by atoms with Crippen LogP contribution in [0.25, 0.3) is 0 Å². The van der Waals surface area contributed by atoms with Crippen molar-refractivity contribution in [2.45, 2.75) is 6.61 Å². The van der Waals surface area contributed by atoms with E-state index in [4.69, 9.17) is 9.47 Å². The van der Waals surface area contributed by atoms with Crippen molar-refractivity contribution in [1.82, 2.24) is 0 Å². The summed E-state index contributed by atoms with van der Waals surface area (Å²) in [6.45, 7) is -0.567. The molecule has 1 N–H and O–H groups in total. The summed E-state index contributed by atoms with van der Waals surface area (Å²) in [6.07, 6.45) is 0. The molecule has 148 valence electrons. The highest BCUT2D eigenvalue weighted by atomic mass is 19.1. The number of para-hydroxylation sites is 2. The number of carbonyl (C=O) groups is 2. The Kier molecular flexibility index (Phi) is 6.52. The van der Waals surface area contributed by atoms with Crippen LogP contribution in [0.3, 0.4) is 0 Å². The van der Waals surface area contributed by atoms with Crippen LogP contribution in [0.1, 0.15) is 15.9 Å². The molecule has 1 amide bonds. The number of amides is 1. The van der Waals surface area contributed by atoms with Crippen LogP contribution in [-0.2, 0) is 16.1 Å². The van der Waals surface area contributed by atoms with E-state index in [1.807, 2.05) is 18.2 Å². The molecule has 0 spiro atoms. The number of anilines is 1. The van der Waals surface area contributed by atoms with Gasteiger partial charge in [0.2, 0.25) is 0 Å². The predicted octanol–water partition coefficient (Wildman–Crippen LogP) is 4.34. The third-order valence-corrected chi connectivity index (χ3v) is 3.94. The van der Waals surface area contributed by atoms with Gasteiger partial charge in [-0.05, 0) is 30.3 Å². The van der Waals surface area contributed by atoms with Crippen LogP contribution in [0.5, 0.6) is 5.75 Å². The molecule has 0 fully saturated rings. The number of benzene rings is 3. The van der Waals surface area contributed by atoms with Gasteiger partial charge in [0, 0.05) is 5.56 Å². The summed E-state index contributed by atoms with van der Waals surface area (Å²) in [6, 6.07) is 18.9. The highest BCUT2D eigenvalue weighted by Gasteiger charge is 2.16. The summed E-state index contributed by atoms with van der Waals surface area (Å²) in [4.78, 5) is 24.3. The molecule has 0 atom stereocenters. The van der Waals surface area contributed by atoms with Gasteiger partial charge in [-0.15, -0.1) is 0 Å². The Morgan fingerprint density at radius 3 is 2.21 bits per heavy atom. The molecule has 0 saturated carbocycles. The molecule has 3 aromatic carbocycles. The maximum absolute atomic E-state index is 13.6. The van der Waals surface area contributed by atoms with Gasteiger partial charge in [-0.1, -0.05) is 42.5 Å². The highest BCUT2D eigenvalue weighted by molar-refractivity contribution is 5.96. The van der Waals surface area contributed by atoms with E-state index in [0.29, 0.717) is 11.3 Å². The molecule has 3 aromatic rings. The summed E-state index contributed by atoms with van der Waals surface area (Å²) in [5.74, 6) is -2.81. The van der Waals surface area contributed by atoms with Gasteiger partial charge in [0.25, 0.3) is 5.91 Å². The first kappa shape index (κ1) is 20.0. The molecular formula is C22H17F2NO4. The number of hydrogen-bond acceptors (Lipinski definition) is 4. The second kappa shape index (κ2) is 9.45. The molecule has 3 rings (SSSR count). The van der Waals surface area contributed by atoms with Crippen molar-refractivity contribution in [3.8, 4) is 5.75 Å². The quantitative estimate of drug-likeness (QED) is 0.603. The van der Waals surface area contributed by atoms with E-state index in [1.54, 1.807) is 36.4 Å². The molecule has 0 saturated heterocycles. The van der Waals surface area contributed by atoms with Gasteiger partial charge in [-0.2, -0.15) is 0 Å². The minimum Gasteiger partial charge on any atom is -0.489 e. The Bertz CT molecular complexity index is 988. The van der Waals surface area contributed by atoms with Crippen molar-refractivity contribution in [3.63, 3.8) is 0 Å². The smallest absolute Gasteiger partial charge is 0.339 e. The Balaban J connectivity index is 1.60. The number of nitrogens with one attached hydrogen (secondary N) is 1. The average molecular weight is 397 g/mol. The topological polar surface area (TPSA) is 64.6 Å². The van der Waals surface area contributed by atoms with Gasteiger partial charge in [-0.3, -0.25) is 4.79 Å². The lowest BCUT2D eigenvalue weighted by Gasteiger charge is -2.11. The third kappa shape index (κ3) is 5.38. The Labute approximate surface area is 165 Å². The third-order valence-electron chi connectivity index (χ3n) is 3.94. The maximum Gasteiger partial charge on any atom is 0.339 e. The molecule has 0 bridgehead atoms. The standard InChI is InChI=1S/C22H17F2NO4/c23-18-11-6-12-19(24)21(18)25-20(26)14-29-22(27)17-10-5-4-7-15(17)13-28-16-8-2-1-3-9-16/h1-12H,13-14H2,(H,25,26). The minimum atomic E-state index is -0.923. The number of halogens is 2. The molecule has 0 unspecified atom stereocenters. The Morgan fingerprint density at radius 1 is 0.828 bits per heavy atom. The van der Waals surface area contributed by atoms with Gasteiger partial charge in [0.1, 0.15) is 29.7 Å². The molecule has 7 heteroatoms. The zero-order valence-electron chi connectivity index (χ0n) is 15.2. The molecule has 0 heterocycles. The maximum atomic E-state index is 13.6. The number of rotatable bonds is 7. The van der Waals surface area contributed by atoms with E-state index >= 15 is 0 Å². The van der Waals surface area contributed by atoms with Crippen molar-refractivity contribution >= 4 is 17.6 Å². The zero-order valence-corrected chi connectivity index (χ0v) is 15.2. The first-order valence-corrected chi connectivity index (χ1v) is 8.71. The van der Waals surface area contributed by atoms with Crippen LogP contribution in [0, 0.1) is 11.6 Å². The van der Waals surface area contributed by atoms with Gasteiger partial charge in [0.05, 0.1) is 5.56 Å². The molecule has 0 aliphatic heterocycles. The molecule has 0 aliphatic rings. The molecular weight excluding hydrogens is 380 g/mol. The van der Waals surface area contributed by atoms with Gasteiger partial charge < -0.3 is 14.8 Å². The lowest BCUT2D eigenvalue weighted by atomic mass is 10.1. The van der Waals surface area contributed by atoms with Gasteiger partial charge in [0.15, 0.2) is 6.61 Å². The van der Waals surface area contributed by atoms with E-state index in [2.05, 4.69) is 5.32 Å². The monoisotopic (exact) mass is 397 g/mol. The van der Waals surface area contributed by atoms with E-state index in [0.717, 1.165) is 12.1 Å². The first-order valence-electron chi connectivity index (χ1n) is 8.71. The SMILES string of the molecule is O=C(COC(=O)c1ccccc1COc1ccccc1)Nc1c(F)cccc1F. The van der Waals surface area contributed by atoms with Crippen LogP contribution in [0.15, 0.2) is 72.8 Å². The van der Waals surface area contributed by atoms with Crippen LogP contribution in [-0.4, -0.2) is 18.5 Å². The first-order chi connectivity index (χ1) is 14.0.